The summed E-state index contributed by atoms with van der Waals surface area (Å²) in [5, 5.41) is 14.1. The summed E-state index contributed by atoms with van der Waals surface area (Å²) < 4.78 is 0.960. The van der Waals surface area contributed by atoms with Gasteiger partial charge in [0.15, 0.2) is 0 Å². The highest BCUT2D eigenvalue weighted by atomic mass is 32.1. The second kappa shape index (κ2) is 5.87. The van der Waals surface area contributed by atoms with Gasteiger partial charge >= 0.3 is 12.0 Å². The minimum absolute atomic E-state index is 0.192. The number of hydrogen-bond donors (Lipinski definition) is 3. The van der Waals surface area contributed by atoms with E-state index in [9.17, 15) is 9.59 Å². The average Bonchev–Trinajstić information content (AvgIpc) is 2.82. The predicted octanol–water partition coefficient (Wildman–Crippen LogP) is 2.53. The Labute approximate surface area is 119 Å². The number of carboxylic acids is 1. The van der Waals surface area contributed by atoms with Crippen LogP contribution in [0.25, 0.3) is 10.2 Å². The normalized spacial score (nSPS) is 12.3. The van der Waals surface area contributed by atoms with Crippen LogP contribution in [-0.4, -0.2) is 28.1 Å². The summed E-state index contributed by atoms with van der Waals surface area (Å²) in [7, 11) is 0. The van der Waals surface area contributed by atoms with Gasteiger partial charge in [0, 0.05) is 5.69 Å². The average molecular weight is 293 g/mol. The van der Waals surface area contributed by atoms with Gasteiger partial charge in [0.2, 0.25) is 0 Å². The van der Waals surface area contributed by atoms with Gasteiger partial charge in [-0.25, -0.2) is 14.6 Å². The first-order chi connectivity index (χ1) is 9.47. The minimum Gasteiger partial charge on any atom is -0.480 e. The molecule has 6 nitrogen and oxygen atoms in total. The number of benzene rings is 1. The Morgan fingerprint density at radius 2 is 2.10 bits per heavy atom. The predicted molar refractivity (Wildman–Crippen MR) is 78.0 cm³/mol. The van der Waals surface area contributed by atoms with Crippen LogP contribution in [0.15, 0.2) is 23.7 Å². The lowest BCUT2D eigenvalue weighted by molar-refractivity contribution is -0.140. The van der Waals surface area contributed by atoms with Gasteiger partial charge in [-0.05, 0) is 24.1 Å². The van der Waals surface area contributed by atoms with Gasteiger partial charge in [-0.3, -0.25) is 0 Å². The van der Waals surface area contributed by atoms with E-state index in [1.807, 2.05) is 0 Å². The zero-order valence-electron chi connectivity index (χ0n) is 11.1. The van der Waals surface area contributed by atoms with Crippen molar-refractivity contribution in [3.05, 3.63) is 23.7 Å². The van der Waals surface area contributed by atoms with E-state index in [1.54, 1.807) is 37.6 Å². The number of rotatable bonds is 4. The van der Waals surface area contributed by atoms with Crippen LogP contribution in [0, 0.1) is 5.92 Å². The number of nitrogens with one attached hydrogen (secondary N) is 2. The topological polar surface area (TPSA) is 91.3 Å². The number of aromatic nitrogens is 1. The molecule has 1 heterocycles. The smallest absolute Gasteiger partial charge is 0.326 e. The molecule has 0 bridgehead atoms. The molecule has 3 N–H and O–H groups in total. The van der Waals surface area contributed by atoms with Crippen LogP contribution >= 0.6 is 11.3 Å². The molecule has 0 aliphatic heterocycles. The third-order valence-corrected chi connectivity index (χ3v) is 3.60. The first-order valence-corrected chi connectivity index (χ1v) is 6.99. The number of carbonyl (C=O) groups excluding carboxylic acids is 1. The van der Waals surface area contributed by atoms with E-state index < -0.39 is 18.0 Å². The molecular weight excluding hydrogens is 278 g/mol. The lowest BCUT2D eigenvalue weighted by atomic mass is 10.1. The van der Waals surface area contributed by atoms with Gasteiger partial charge in [-0.15, -0.1) is 11.3 Å². The van der Waals surface area contributed by atoms with Gasteiger partial charge < -0.3 is 15.7 Å². The maximum atomic E-state index is 11.8. The summed E-state index contributed by atoms with van der Waals surface area (Å²) in [6, 6.07) is 3.89. The van der Waals surface area contributed by atoms with Crippen molar-refractivity contribution in [2.45, 2.75) is 19.9 Å². The molecule has 106 valence electrons. The standard InChI is InChI=1S/C13H15N3O3S/c1-7(2)11(12(17)18)16-13(19)15-8-3-4-9-10(5-8)20-6-14-9/h3-7,11H,1-2H3,(H,17,18)(H2,15,16,19)/t11-/m0/s1. The lowest BCUT2D eigenvalue weighted by Gasteiger charge is -2.18. The van der Waals surface area contributed by atoms with Crippen molar-refractivity contribution in [2.24, 2.45) is 5.92 Å². The summed E-state index contributed by atoms with van der Waals surface area (Å²) in [5.41, 5.74) is 3.20. The number of fused-ring (bicyclic) bond motifs is 1. The zero-order valence-corrected chi connectivity index (χ0v) is 11.9. The Bertz CT molecular complexity index is 639. The van der Waals surface area contributed by atoms with E-state index in [0.29, 0.717) is 5.69 Å². The number of anilines is 1. The monoisotopic (exact) mass is 293 g/mol. The fourth-order valence-electron chi connectivity index (χ4n) is 1.75. The molecule has 2 rings (SSSR count). The zero-order chi connectivity index (χ0) is 14.7. The molecule has 0 radical (unpaired) electrons. The van der Waals surface area contributed by atoms with Gasteiger partial charge in [-0.1, -0.05) is 13.8 Å². The van der Waals surface area contributed by atoms with Gasteiger partial charge in [-0.2, -0.15) is 0 Å². The van der Waals surface area contributed by atoms with Crippen molar-refractivity contribution in [3.63, 3.8) is 0 Å². The van der Waals surface area contributed by atoms with Crippen LogP contribution in [-0.2, 0) is 4.79 Å². The third kappa shape index (κ3) is 3.24. The van der Waals surface area contributed by atoms with Crippen molar-refractivity contribution >= 4 is 39.2 Å². The number of carboxylic acid groups (broad SMARTS) is 1. The molecule has 0 fully saturated rings. The largest absolute Gasteiger partial charge is 0.480 e. The minimum atomic E-state index is -1.05. The molecule has 1 aromatic carbocycles. The SMILES string of the molecule is CC(C)[C@H](NC(=O)Nc1ccc2ncsc2c1)C(=O)O. The van der Waals surface area contributed by atoms with E-state index in [1.165, 1.54) is 11.3 Å². The van der Waals surface area contributed by atoms with E-state index >= 15 is 0 Å². The number of hydrogen-bond acceptors (Lipinski definition) is 4. The van der Waals surface area contributed by atoms with Crippen molar-refractivity contribution in [2.75, 3.05) is 5.32 Å². The van der Waals surface area contributed by atoms with E-state index in [0.717, 1.165) is 10.2 Å². The molecular formula is C13H15N3O3S. The van der Waals surface area contributed by atoms with Crippen molar-refractivity contribution in [3.8, 4) is 0 Å². The number of amides is 2. The van der Waals surface area contributed by atoms with Crippen LogP contribution < -0.4 is 10.6 Å². The molecule has 1 aromatic heterocycles. The number of urea groups is 1. The highest BCUT2D eigenvalue weighted by Gasteiger charge is 2.23. The number of carbonyl (C=O) groups is 2. The Balaban J connectivity index is 2.05. The molecule has 0 aliphatic carbocycles. The summed E-state index contributed by atoms with van der Waals surface area (Å²) >= 11 is 1.48. The summed E-state index contributed by atoms with van der Waals surface area (Å²) in [4.78, 5) is 27.0. The van der Waals surface area contributed by atoms with Crippen molar-refractivity contribution < 1.29 is 14.7 Å². The molecule has 0 saturated heterocycles. The fourth-order valence-corrected chi connectivity index (χ4v) is 2.47. The van der Waals surface area contributed by atoms with E-state index in [4.69, 9.17) is 5.11 Å². The number of nitrogens with zero attached hydrogens (tertiary/aromatic N) is 1. The summed E-state index contributed by atoms with van der Waals surface area (Å²) in [5.74, 6) is -1.24. The van der Waals surface area contributed by atoms with Crippen molar-refractivity contribution in [1.82, 2.24) is 10.3 Å². The molecule has 1 atom stereocenters. The fraction of sp³-hybridized carbons (Fsp3) is 0.308. The van der Waals surface area contributed by atoms with Crippen LogP contribution in [0.4, 0.5) is 10.5 Å². The van der Waals surface area contributed by atoms with Crippen molar-refractivity contribution in [1.29, 1.82) is 0 Å². The number of thiazole rings is 1. The lowest BCUT2D eigenvalue weighted by Crippen LogP contribution is -2.46. The van der Waals surface area contributed by atoms with Crippen LogP contribution in [0.5, 0.6) is 0 Å². The maximum absolute atomic E-state index is 11.8. The summed E-state index contributed by atoms with van der Waals surface area (Å²) in [6.45, 7) is 3.48. The first-order valence-electron chi connectivity index (χ1n) is 6.11. The van der Waals surface area contributed by atoms with Crippen LogP contribution in [0.3, 0.4) is 0 Å². The van der Waals surface area contributed by atoms with E-state index in [2.05, 4.69) is 15.6 Å². The molecule has 2 amide bonds. The van der Waals surface area contributed by atoms with Gasteiger partial charge in [0.25, 0.3) is 0 Å². The highest BCUT2D eigenvalue weighted by Crippen LogP contribution is 2.21. The Kier molecular flexibility index (Phi) is 4.19. The first kappa shape index (κ1) is 14.3. The van der Waals surface area contributed by atoms with Gasteiger partial charge in [0.05, 0.1) is 15.7 Å². The molecule has 20 heavy (non-hydrogen) atoms. The Morgan fingerprint density at radius 1 is 1.35 bits per heavy atom. The Hall–Kier alpha value is -2.15. The van der Waals surface area contributed by atoms with Crippen LogP contribution in [0.1, 0.15) is 13.8 Å². The second-order valence-electron chi connectivity index (χ2n) is 4.69. The second-order valence-corrected chi connectivity index (χ2v) is 5.58. The van der Waals surface area contributed by atoms with E-state index in [-0.39, 0.29) is 5.92 Å². The maximum Gasteiger partial charge on any atom is 0.326 e. The molecule has 0 unspecified atom stereocenters. The van der Waals surface area contributed by atoms with Crippen LogP contribution in [0.2, 0.25) is 0 Å². The summed E-state index contributed by atoms with van der Waals surface area (Å²) in [6.07, 6.45) is 0. The molecule has 7 heteroatoms. The molecule has 0 spiro atoms. The molecule has 0 saturated carbocycles. The quantitative estimate of drug-likeness (QED) is 0.807. The molecule has 2 aromatic rings. The third-order valence-electron chi connectivity index (χ3n) is 2.81. The molecule has 0 aliphatic rings. The number of aliphatic carboxylic acids is 1. The highest BCUT2D eigenvalue weighted by molar-refractivity contribution is 7.16. The Morgan fingerprint density at radius 3 is 2.75 bits per heavy atom. The van der Waals surface area contributed by atoms with Gasteiger partial charge in [0.1, 0.15) is 6.04 Å².